The lowest BCUT2D eigenvalue weighted by molar-refractivity contribution is -0.145. The van der Waals surface area contributed by atoms with Crippen LogP contribution in [0.1, 0.15) is 37.3 Å². The van der Waals surface area contributed by atoms with Crippen LogP contribution in [0.25, 0.3) is 0 Å². The molecule has 0 saturated carbocycles. The first-order chi connectivity index (χ1) is 11.8. The quantitative estimate of drug-likeness (QED) is 0.774. The second-order valence-corrected chi connectivity index (χ2v) is 6.37. The van der Waals surface area contributed by atoms with E-state index in [4.69, 9.17) is 4.74 Å². The third-order valence-electron chi connectivity index (χ3n) is 4.70. The smallest absolute Gasteiger partial charge is 0.416 e. The monoisotopic (exact) mass is 390 g/mol. The van der Waals surface area contributed by atoms with Gasteiger partial charge < -0.3 is 15.0 Å². The molecular formula is C18H22ClF3N2O2. The van der Waals surface area contributed by atoms with Gasteiger partial charge in [0.2, 0.25) is 0 Å². The predicted octanol–water partition coefficient (Wildman–Crippen LogP) is 4.04. The molecule has 26 heavy (non-hydrogen) atoms. The van der Waals surface area contributed by atoms with Crippen molar-refractivity contribution in [2.24, 2.45) is 0 Å². The van der Waals surface area contributed by atoms with Crippen molar-refractivity contribution in [2.45, 2.75) is 44.8 Å². The number of rotatable bonds is 2. The minimum Gasteiger partial charge on any atom is -0.464 e. The average Bonchev–Trinajstić information content (AvgIpc) is 2.77. The van der Waals surface area contributed by atoms with E-state index >= 15 is 0 Å². The number of ether oxygens (including phenoxy) is 1. The van der Waals surface area contributed by atoms with Crippen LogP contribution in [-0.2, 0) is 22.1 Å². The maximum Gasteiger partial charge on any atom is 0.416 e. The molecule has 0 radical (unpaired) electrons. The van der Waals surface area contributed by atoms with Crippen LogP contribution >= 0.6 is 12.4 Å². The van der Waals surface area contributed by atoms with Gasteiger partial charge >= 0.3 is 12.1 Å². The Morgan fingerprint density at radius 1 is 1.38 bits per heavy atom. The number of nitrogens with one attached hydrogen (secondary N) is 1. The lowest BCUT2D eigenvalue weighted by Gasteiger charge is -2.34. The molecule has 144 valence electrons. The van der Waals surface area contributed by atoms with E-state index < -0.39 is 17.8 Å². The van der Waals surface area contributed by atoms with Crippen molar-refractivity contribution < 1.29 is 22.7 Å². The molecule has 1 atom stereocenters. The summed E-state index contributed by atoms with van der Waals surface area (Å²) in [4.78, 5) is 13.9. The molecule has 3 rings (SSSR count). The van der Waals surface area contributed by atoms with Gasteiger partial charge in [-0.2, -0.15) is 13.2 Å². The number of fused-ring (bicyclic) bond motifs is 1. The Morgan fingerprint density at radius 3 is 2.77 bits per heavy atom. The average molecular weight is 391 g/mol. The van der Waals surface area contributed by atoms with Crippen LogP contribution in [0.2, 0.25) is 0 Å². The second kappa shape index (κ2) is 7.78. The second-order valence-electron chi connectivity index (χ2n) is 6.37. The third kappa shape index (κ3) is 3.92. The SMILES string of the molecule is CCOC(=O)C1CCCC2=C(N1)N(C)c1ccc(C(F)(F)F)cc1C2.Cl. The van der Waals surface area contributed by atoms with Crippen molar-refractivity contribution in [3.05, 3.63) is 40.7 Å². The molecule has 0 bridgehead atoms. The van der Waals surface area contributed by atoms with Crippen molar-refractivity contribution in [1.82, 2.24) is 5.32 Å². The summed E-state index contributed by atoms with van der Waals surface area (Å²) in [7, 11) is 1.81. The van der Waals surface area contributed by atoms with Crippen LogP contribution in [0.5, 0.6) is 0 Å². The Balaban J connectivity index is 0.00000243. The summed E-state index contributed by atoms with van der Waals surface area (Å²) in [5, 5.41) is 3.25. The summed E-state index contributed by atoms with van der Waals surface area (Å²) in [5.74, 6) is 0.519. The highest BCUT2D eigenvalue weighted by atomic mass is 35.5. The standard InChI is InChI=1S/C18H21F3N2O2.ClH/c1-3-25-17(24)14-6-4-5-11-9-12-10-13(18(19,20)21)7-8-15(12)23(2)16(11)22-14;/h7-8,10,14,22H,3-6,9H2,1-2H3;1H. The third-order valence-corrected chi connectivity index (χ3v) is 4.70. The lowest BCUT2D eigenvalue weighted by atomic mass is 9.94. The van der Waals surface area contributed by atoms with Crippen LogP contribution in [0.4, 0.5) is 18.9 Å². The Kier molecular flexibility index (Phi) is 6.11. The van der Waals surface area contributed by atoms with Crippen LogP contribution in [0.15, 0.2) is 29.6 Å². The Bertz CT molecular complexity index is 719. The van der Waals surface area contributed by atoms with Crippen molar-refractivity contribution in [1.29, 1.82) is 0 Å². The molecule has 0 amide bonds. The van der Waals surface area contributed by atoms with Gasteiger partial charge in [-0.1, -0.05) is 0 Å². The summed E-state index contributed by atoms with van der Waals surface area (Å²) in [5.41, 5.74) is 1.78. The Labute approximate surface area is 156 Å². The van der Waals surface area contributed by atoms with Gasteiger partial charge in [0.05, 0.1) is 12.2 Å². The van der Waals surface area contributed by atoms with Gasteiger partial charge in [0.25, 0.3) is 0 Å². The maximum absolute atomic E-state index is 13.0. The highest BCUT2D eigenvalue weighted by molar-refractivity contribution is 5.85. The van der Waals surface area contributed by atoms with Crippen LogP contribution in [0, 0.1) is 0 Å². The molecule has 2 aliphatic rings. The number of benzene rings is 1. The van der Waals surface area contributed by atoms with E-state index in [1.807, 2.05) is 4.90 Å². The molecule has 2 aliphatic heterocycles. The van der Waals surface area contributed by atoms with E-state index in [1.165, 1.54) is 12.1 Å². The number of anilines is 1. The van der Waals surface area contributed by atoms with Crippen LogP contribution < -0.4 is 10.2 Å². The van der Waals surface area contributed by atoms with Gasteiger partial charge in [-0.3, -0.25) is 0 Å². The number of alkyl halides is 3. The van der Waals surface area contributed by atoms with Crippen LogP contribution in [0.3, 0.4) is 0 Å². The summed E-state index contributed by atoms with van der Waals surface area (Å²) in [6.07, 6.45) is -1.71. The minimum absolute atomic E-state index is 0. The van der Waals surface area contributed by atoms with Gasteiger partial charge in [0.1, 0.15) is 11.9 Å². The van der Waals surface area contributed by atoms with E-state index in [0.717, 1.165) is 36.0 Å². The summed E-state index contributed by atoms with van der Waals surface area (Å²) >= 11 is 0. The molecule has 0 spiro atoms. The van der Waals surface area contributed by atoms with E-state index in [-0.39, 0.29) is 18.4 Å². The van der Waals surface area contributed by atoms with E-state index in [0.29, 0.717) is 25.0 Å². The number of halogens is 4. The predicted molar refractivity (Wildman–Crippen MR) is 95.2 cm³/mol. The number of esters is 1. The van der Waals surface area contributed by atoms with Crippen LogP contribution in [-0.4, -0.2) is 25.7 Å². The first-order valence-corrected chi connectivity index (χ1v) is 8.40. The molecule has 0 aliphatic carbocycles. The van der Waals surface area contributed by atoms with Gasteiger partial charge in [-0.15, -0.1) is 12.4 Å². The molecule has 0 saturated heterocycles. The van der Waals surface area contributed by atoms with E-state index in [9.17, 15) is 18.0 Å². The number of hydrogen-bond acceptors (Lipinski definition) is 4. The highest BCUT2D eigenvalue weighted by Crippen LogP contribution is 2.38. The number of carbonyl (C=O) groups is 1. The fraction of sp³-hybridized carbons (Fsp3) is 0.500. The Morgan fingerprint density at radius 2 is 2.12 bits per heavy atom. The normalized spacial score (nSPS) is 19.6. The topological polar surface area (TPSA) is 41.6 Å². The fourth-order valence-electron chi connectivity index (χ4n) is 3.48. The zero-order valence-electron chi connectivity index (χ0n) is 14.7. The number of nitrogens with zero attached hydrogens (tertiary/aromatic N) is 1. The molecule has 0 fully saturated rings. The van der Waals surface area contributed by atoms with Gasteiger partial charge in [0, 0.05) is 12.7 Å². The molecule has 4 nitrogen and oxygen atoms in total. The van der Waals surface area contributed by atoms with Crippen molar-refractivity contribution in [2.75, 3.05) is 18.6 Å². The minimum atomic E-state index is -4.35. The zero-order chi connectivity index (χ0) is 18.2. The summed E-state index contributed by atoms with van der Waals surface area (Å²) < 4.78 is 44.0. The molecule has 1 unspecified atom stereocenters. The first kappa shape index (κ1) is 20.4. The number of carbonyl (C=O) groups excluding carboxylic acids is 1. The molecule has 2 heterocycles. The number of hydrogen-bond donors (Lipinski definition) is 1. The molecule has 0 aromatic heterocycles. The first-order valence-electron chi connectivity index (χ1n) is 8.40. The fourth-order valence-corrected chi connectivity index (χ4v) is 3.48. The van der Waals surface area contributed by atoms with Crippen molar-refractivity contribution in [3.63, 3.8) is 0 Å². The largest absolute Gasteiger partial charge is 0.464 e. The van der Waals surface area contributed by atoms with Crippen molar-refractivity contribution in [3.8, 4) is 0 Å². The van der Waals surface area contributed by atoms with Crippen molar-refractivity contribution >= 4 is 24.1 Å². The molecule has 8 heteroatoms. The molecule has 1 N–H and O–H groups in total. The van der Waals surface area contributed by atoms with Gasteiger partial charge in [-0.05, 0) is 61.9 Å². The molecule has 1 aromatic rings. The van der Waals surface area contributed by atoms with E-state index in [1.54, 1.807) is 14.0 Å². The highest BCUT2D eigenvalue weighted by Gasteiger charge is 2.34. The van der Waals surface area contributed by atoms with Gasteiger partial charge in [-0.25, -0.2) is 4.79 Å². The molecular weight excluding hydrogens is 369 g/mol. The lowest BCUT2D eigenvalue weighted by Crippen LogP contribution is -2.42. The number of allylic oxidation sites excluding steroid dienone is 1. The zero-order valence-corrected chi connectivity index (χ0v) is 15.5. The maximum atomic E-state index is 13.0. The Hall–Kier alpha value is -1.89. The van der Waals surface area contributed by atoms with Gasteiger partial charge in [0.15, 0.2) is 0 Å². The summed E-state index contributed by atoms with van der Waals surface area (Å²) in [6.45, 7) is 2.09. The van der Waals surface area contributed by atoms with E-state index in [2.05, 4.69) is 5.32 Å². The molecule has 1 aromatic carbocycles. The summed E-state index contributed by atoms with van der Waals surface area (Å²) in [6, 6.07) is 3.39.